The summed E-state index contributed by atoms with van der Waals surface area (Å²) < 4.78 is 16.5. The van der Waals surface area contributed by atoms with Crippen LogP contribution in [0, 0.1) is 0 Å². The van der Waals surface area contributed by atoms with E-state index in [1.165, 1.54) is 0 Å². The molecule has 5 heteroatoms. The van der Waals surface area contributed by atoms with Gasteiger partial charge in [-0.2, -0.15) is 0 Å². The second-order valence-corrected chi connectivity index (χ2v) is 4.33. The zero-order valence-electron chi connectivity index (χ0n) is 12.6. The van der Waals surface area contributed by atoms with E-state index in [9.17, 15) is 4.79 Å². The average molecular weight is 352 g/mol. The number of rotatable bonds is 13. The number of carbonyl (C=O) groups excluding carboxylic acids is 1. The van der Waals surface area contributed by atoms with Gasteiger partial charge >= 0.3 is 5.97 Å². The molecule has 0 spiro atoms. The van der Waals surface area contributed by atoms with Crippen molar-refractivity contribution < 1.29 is 45.2 Å². The smallest absolute Gasteiger partial charge is 0.321 e. The predicted molar refractivity (Wildman–Crippen MR) is 71.4 cm³/mol. The third-order valence-electron chi connectivity index (χ3n) is 2.55. The molecular weight excluding hydrogens is 323 g/mol. The number of hydrogen-bond donors (Lipinski definition) is 0. The Balaban J connectivity index is 0. The molecule has 0 aliphatic rings. The van der Waals surface area contributed by atoms with Crippen molar-refractivity contribution in [2.75, 3.05) is 19.8 Å². The maximum atomic E-state index is 11.2. The quantitative estimate of drug-likeness (QED) is 0.290. The Labute approximate surface area is 136 Å². The third-order valence-corrected chi connectivity index (χ3v) is 2.55. The molecule has 0 heterocycles. The minimum Gasteiger partial charge on any atom is -0.321 e. The Bertz CT molecular complexity index is 173. The van der Waals surface area contributed by atoms with Crippen LogP contribution in [0.15, 0.2) is 0 Å². The standard InChI is InChI=1S/C14H28O4.Zr/c1-4-7-10-16-14(13-15,17-11-8-5-2)18-12-9-6-3;/h13H,4-12H2,1-3H3;. The van der Waals surface area contributed by atoms with Crippen LogP contribution in [0.5, 0.6) is 0 Å². The number of ether oxygens (including phenoxy) is 3. The van der Waals surface area contributed by atoms with E-state index in [0.717, 1.165) is 38.5 Å². The van der Waals surface area contributed by atoms with Gasteiger partial charge in [-0.3, -0.25) is 4.79 Å². The number of hydrogen-bond acceptors (Lipinski definition) is 4. The Morgan fingerprint density at radius 3 is 1.32 bits per heavy atom. The van der Waals surface area contributed by atoms with E-state index in [0.29, 0.717) is 26.1 Å². The third kappa shape index (κ3) is 10.8. The molecule has 19 heavy (non-hydrogen) atoms. The molecule has 0 N–H and O–H groups in total. The van der Waals surface area contributed by atoms with Gasteiger partial charge in [0.05, 0.1) is 19.8 Å². The van der Waals surface area contributed by atoms with Crippen molar-refractivity contribution >= 4 is 6.29 Å². The van der Waals surface area contributed by atoms with Crippen molar-refractivity contribution in [3.63, 3.8) is 0 Å². The summed E-state index contributed by atoms with van der Waals surface area (Å²) in [4.78, 5) is 11.2. The van der Waals surface area contributed by atoms with E-state index in [1.54, 1.807) is 0 Å². The van der Waals surface area contributed by atoms with Crippen molar-refractivity contribution in [3.05, 3.63) is 0 Å². The first-order valence-corrected chi connectivity index (χ1v) is 7.12. The van der Waals surface area contributed by atoms with Crippen molar-refractivity contribution in [1.82, 2.24) is 0 Å². The van der Waals surface area contributed by atoms with Gasteiger partial charge in [0.2, 0.25) is 6.29 Å². The van der Waals surface area contributed by atoms with E-state index >= 15 is 0 Å². The van der Waals surface area contributed by atoms with Crippen molar-refractivity contribution in [3.8, 4) is 0 Å². The predicted octanol–water partition coefficient (Wildman–Crippen LogP) is 3.29. The van der Waals surface area contributed by atoms with Crippen LogP contribution in [-0.2, 0) is 45.2 Å². The van der Waals surface area contributed by atoms with Crippen LogP contribution in [0.25, 0.3) is 0 Å². The average Bonchev–Trinajstić information content (AvgIpc) is 2.39. The van der Waals surface area contributed by atoms with Gasteiger partial charge in [0.15, 0.2) is 0 Å². The minimum absolute atomic E-state index is 0. The molecule has 4 nitrogen and oxygen atoms in total. The zero-order chi connectivity index (χ0) is 13.7. The zero-order valence-corrected chi connectivity index (χ0v) is 15.0. The summed E-state index contributed by atoms with van der Waals surface area (Å²) in [5, 5.41) is 0. The SMILES string of the molecule is CCCCOC(C=O)(OCCCC)OCCCC.[Zr]. The Morgan fingerprint density at radius 1 is 0.789 bits per heavy atom. The van der Waals surface area contributed by atoms with Gasteiger partial charge < -0.3 is 14.2 Å². The molecule has 0 radical (unpaired) electrons. The van der Waals surface area contributed by atoms with Crippen LogP contribution in [0.4, 0.5) is 0 Å². The molecule has 0 aliphatic heterocycles. The van der Waals surface area contributed by atoms with Gasteiger partial charge in [-0.25, -0.2) is 0 Å². The first kappa shape index (κ1) is 21.7. The first-order valence-electron chi connectivity index (χ1n) is 7.12. The molecule has 0 aromatic carbocycles. The fourth-order valence-electron chi connectivity index (χ4n) is 1.30. The molecule has 112 valence electrons. The van der Waals surface area contributed by atoms with E-state index in [1.807, 2.05) is 0 Å². The normalized spacial score (nSPS) is 11.1. The molecule has 0 unspecified atom stereocenters. The Kier molecular flexibility index (Phi) is 17.0. The van der Waals surface area contributed by atoms with Gasteiger partial charge in [0.25, 0.3) is 0 Å². The minimum atomic E-state index is -1.49. The van der Waals surface area contributed by atoms with Crippen molar-refractivity contribution in [1.29, 1.82) is 0 Å². The Morgan fingerprint density at radius 2 is 1.11 bits per heavy atom. The molecule has 0 saturated heterocycles. The molecular formula is C14H28O4Zr. The molecule has 0 fully saturated rings. The molecule has 0 aromatic heterocycles. The van der Waals surface area contributed by atoms with E-state index < -0.39 is 5.97 Å². The van der Waals surface area contributed by atoms with E-state index in [-0.39, 0.29) is 26.2 Å². The van der Waals surface area contributed by atoms with Crippen LogP contribution in [-0.4, -0.2) is 32.1 Å². The maximum Gasteiger partial charge on any atom is 0.343 e. The van der Waals surface area contributed by atoms with E-state index in [4.69, 9.17) is 14.2 Å². The summed E-state index contributed by atoms with van der Waals surface area (Å²) in [6, 6.07) is 0. The maximum absolute atomic E-state index is 11.2. The number of carbonyl (C=O) groups is 1. The Hall–Kier alpha value is 0.433. The summed E-state index contributed by atoms with van der Waals surface area (Å²) in [6.45, 7) is 7.65. The molecule has 0 aromatic rings. The van der Waals surface area contributed by atoms with Gasteiger partial charge in [0, 0.05) is 26.2 Å². The molecule has 0 aliphatic carbocycles. The van der Waals surface area contributed by atoms with Crippen LogP contribution >= 0.6 is 0 Å². The topological polar surface area (TPSA) is 44.8 Å². The number of unbranched alkanes of at least 4 members (excludes halogenated alkanes) is 3. The van der Waals surface area contributed by atoms with Gasteiger partial charge in [-0.15, -0.1) is 0 Å². The van der Waals surface area contributed by atoms with E-state index in [2.05, 4.69) is 20.8 Å². The fourth-order valence-corrected chi connectivity index (χ4v) is 1.30. The molecule has 0 bridgehead atoms. The van der Waals surface area contributed by atoms with Crippen molar-refractivity contribution in [2.24, 2.45) is 0 Å². The molecule has 0 saturated carbocycles. The van der Waals surface area contributed by atoms with Crippen LogP contribution in [0.2, 0.25) is 0 Å². The van der Waals surface area contributed by atoms with Gasteiger partial charge in [-0.1, -0.05) is 40.0 Å². The molecule has 0 rings (SSSR count). The summed E-state index contributed by atoms with van der Waals surface area (Å²) in [5.74, 6) is -1.49. The summed E-state index contributed by atoms with van der Waals surface area (Å²) in [6.07, 6.45) is 6.35. The molecule has 0 amide bonds. The van der Waals surface area contributed by atoms with Crippen LogP contribution in [0.1, 0.15) is 59.3 Å². The second kappa shape index (κ2) is 14.8. The largest absolute Gasteiger partial charge is 0.343 e. The van der Waals surface area contributed by atoms with Gasteiger partial charge in [-0.05, 0) is 19.3 Å². The summed E-state index contributed by atoms with van der Waals surface area (Å²) in [5.41, 5.74) is 0. The van der Waals surface area contributed by atoms with Crippen LogP contribution < -0.4 is 0 Å². The summed E-state index contributed by atoms with van der Waals surface area (Å²) >= 11 is 0. The van der Waals surface area contributed by atoms with Gasteiger partial charge in [0.1, 0.15) is 0 Å². The molecule has 0 atom stereocenters. The van der Waals surface area contributed by atoms with Crippen LogP contribution in [0.3, 0.4) is 0 Å². The monoisotopic (exact) mass is 350 g/mol. The second-order valence-electron chi connectivity index (χ2n) is 4.33. The fraction of sp³-hybridized carbons (Fsp3) is 0.929. The first-order chi connectivity index (χ1) is 8.74. The number of aldehydes is 1. The van der Waals surface area contributed by atoms with Crippen molar-refractivity contribution in [2.45, 2.75) is 65.3 Å². The summed E-state index contributed by atoms with van der Waals surface area (Å²) in [7, 11) is 0.